The molecule has 4 heteroatoms. The highest BCUT2D eigenvalue weighted by Crippen LogP contribution is 2.25. The van der Waals surface area contributed by atoms with Crippen LogP contribution in [-0.2, 0) is 0 Å². The van der Waals surface area contributed by atoms with Gasteiger partial charge in [0.25, 0.3) is 5.91 Å². The molecule has 2 rings (SSSR count). The van der Waals surface area contributed by atoms with Crippen LogP contribution in [0.15, 0.2) is 22.7 Å². The first-order valence-electron chi connectivity index (χ1n) is 5.32. The minimum atomic E-state index is 0.0822. The number of hydrogen-bond acceptors (Lipinski definition) is 1. The molecule has 1 amide bonds. The Bertz CT molecular complexity index is 421. The average molecular weight is 303 g/mol. The molecule has 0 saturated carbocycles. The normalized spacial score (nSPS) is 20.2. The molecule has 1 aromatic rings. The largest absolute Gasteiger partial charge is 0.338 e. The van der Waals surface area contributed by atoms with Gasteiger partial charge in [-0.1, -0.05) is 18.5 Å². The van der Waals surface area contributed by atoms with E-state index in [2.05, 4.69) is 22.9 Å². The van der Waals surface area contributed by atoms with E-state index in [0.717, 1.165) is 24.0 Å². The minimum Gasteiger partial charge on any atom is -0.338 e. The van der Waals surface area contributed by atoms with Gasteiger partial charge in [-0.3, -0.25) is 4.79 Å². The van der Waals surface area contributed by atoms with E-state index in [-0.39, 0.29) is 5.91 Å². The summed E-state index contributed by atoms with van der Waals surface area (Å²) in [5, 5.41) is 0.582. The lowest BCUT2D eigenvalue weighted by Crippen LogP contribution is -2.28. The number of halogens is 2. The molecule has 1 atom stereocenters. The zero-order valence-corrected chi connectivity index (χ0v) is 11.4. The highest BCUT2D eigenvalue weighted by Gasteiger charge is 2.24. The van der Waals surface area contributed by atoms with Crippen molar-refractivity contribution < 1.29 is 4.79 Å². The number of benzene rings is 1. The SMILES string of the molecule is CC1CCN(C(=O)c2ccc(Br)c(Cl)c2)C1. The quantitative estimate of drug-likeness (QED) is 0.776. The number of rotatable bonds is 1. The van der Waals surface area contributed by atoms with Crippen LogP contribution >= 0.6 is 27.5 Å². The minimum absolute atomic E-state index is 0.0822. The van der Waals surface area contributed by atoms with Crippen LogP contribution in [0.25, 0.3) is 0 Å². The third kappa shape index (κ3) is 2.41. The van der Waals surface area contributed by atoms with Gasteiger partial charge >= 0.3 is 0 Å². The van der Waals surface area contributed by atoms with Crippen molar-refractivity contribution in [2.45, 2.75) is 13.3 Å². The molecule has 0 bridgehead atoms. The summed E-state index contributed by atoms with van der Waals surface area (Å²) in [5.41, 5.74) is 0.669. The van der Waals surface area contributed by atoms with Crippen LogP contribution in [0.4, 0.5) is 0 Å². The molecular formula is C12H13BrClNO. The molecule has 16 heavy (non-hydrogen) atoms. The number of carbonyl (C=O) groups excluding carboxylic acids is 1. The van der Waals surface area contributed by atoms with Crippen LogP contribution in [0, 0.1) is 5.92 Å². The van der Waals surface area contributed by atoms with Crippen LogP contribution in [0.2, 0.25) is 5.02 Å². The van der Waals surface area contributed by atoms with Crippen LogP contribution in [0.3, 0.4) is 0 Å². The number of nitrogens with zero attached hydrogens (tertiary/aromatic N) is 1. The average Bonchev–Trinajstić information content (AvgIpc) is 2.68. The van der Waals surface area contributed by atoms with E-state index in [4.69, 9.17) is 11.6 Å². The van der Waals surface area contributed by atoms with E-state index >= 15 is 0 Å². The van der Waals surface area contributed by atoms with Gasteiger partial charge in [0, 0.05) is 23.1 Å². The van der Waals surface area contributed by atoms with E-state index in [0.29, 0.717) is 16.5 Å². The van der Waals surface area contributed by atoms with Crippen molar-refractivity contribution in [2.24, 2.45) is 5.92 Å². The van der Waals surface area contributed by atoms with E-state index in [1.165, 1.54) is 0 Å². The highest BCUT2D eigenvalue weighted by atomic mass is 79.9. The summed E-state index contributed by atoms with van der Waals surface area (Å²) in [6.45, 7) is 3.88. The monoisotopic (exact) mass is 301 g/mol. The zero-order valence-electron chi connectivity index (χ0n) is 9.04. The number of likely N-dealkylation sites (tertiary alicyclic amines) is 1. The topological polar surface area (TPSA) is 20.3 Å². The molecule has 1 aliphatic rings. The Morgan fingerprint density at radius 1 is 1.56 bits per heavy atom. The van der Waals surface area contributed by atoms with Gasteiger partial charge < -0.3 is 4.90 Å². The maximum atomic E-state index is 12.1. The third-order valence-electron chi connectivity index (χ3n) is 2.88. The second kappa shape index (κ2) is 4.76. The Labute approximate surface area is 109 Å². The molecule has 0 aromatic heterocycles. The fourth-order valence-electron chi connectivity index (χ4n) is 1.93. The number of hydrogen-bond donors (Lipinski definition) is 0. The zero-order chi connectivity index (χ0) is 11.7. The Balaban J connectivity index is 2.18. The van der Waals surface area contributed by atoms with Crippen molar-refractivity contribution in [1.29, 1.82) is 0 Å². The molecule has 0 radical (unpaired) electrons. The predicted molar refractivity (Wildman–Crippen MR) is 68.8 cm³/mol. The molecule has 1 fully saturated rings. The second-order valence-corrected chi connectivity index (χ2v) is 5.54. The van der Waals surface area contributed by atoms with Gasteiger partial charge in [0.15, 0.2) is 0 Å². The lowest BCUT2D eigenvalue weighted by Gasteiger charge is -2.16. The van der Waals surface area contributed by atoms with Crippen molar-refractivity contribution >= 4 is 33.4 Å². The molecule has 1 aliphatic heterocycles. The number of amides is 1. The summed E-state index contributed by atoms with van der Waals surface area (Å²) >= 11 is 9.29. The van der Waals surface area contributed by atoms with Gasteiger partial charge in [-0.2, -0.15) is 0 Å². The summed E-state index contributed by atoms with van der Waals surface area (Å²) < 4.78 is 0.820. The first kappa shape index (κ1) is 11.9. The van der Waals surface area contributed by atoms with Gasteiger partial charge in [-0.05, 0) is 46.5 Å². The third-order valence-corrected chi connectivity index (χ3v) is 4.11. The fraction of sp³-hybridized carbons (Fsp3) is 0.417. The first-order valence-corrected chi connectivity index (χ1v) is 6.49. The van der Waals surface area contributed by atoms with E-state index in [1.54, 1.807) is 12.1 Å². The maximum Gasteiger partial charge on any atom is 0.253 e. The summed E-state index contributed by atoms with van der Waals surface area (Å²) in [6.07, 6.45) is 1.09. The van der Waals surface area contributed by atoms with Gasteiger partial charge in [0.1, 0.15) is 0 Å². The molecular weight excluding hydrogens is 289 g/mol. The molecule has 1 unspecified atom stereocenters. The maximum absolute atomic E-state index is 12.1. The van der Waals surface area contributed by atoms with Crippen LogP contribution in [-0.4, -0.2) is 23.9 Å². The van der Waals surface area contributed by atoms with Crippen LogP contribution in [0.1, 0.15) is 23.7 Å². The summed E-state index contributed by atoms with van der Waals surface area (Å²) in [7, 11) is 0. The Morgan fingerprint density at radius 3 is 2.88 bits per heavy atom. The number of carbonyl (C=O) groups is 1. The van der Waals surface area contributed by atoms with Crippen molar-refractivity contribution in [1.82, 2.24) is 4.90 Å². The van der Waals surface area contributed by atoms with Crippen LogP contribution < -0.4 is 0 Å². The van der Waals surface area contributed by atoms with E-state index in [9.17, 15) is 4.79 Å². The summed E-state index contributed by atoms with van der Waals surface area (Å²) in [4.78, 5) is 14.0. The predicted octanol–water partition coefficient (Wildman–Crippen LogP) is 3.58. The molecule has 1 heterocycles. The Morgan fingerprint density at radius 2 is 2.31 bits per heavy atom. The molecule has 0 spiro atoms. The molecule has 2 nitrogen and oxygen atoms in total. The summed E-state index contributed by atoms with van der Waals surface area (Å²) in [5.74, 6) is 0.689. The lowest BCUT2D eigenvalue weighted by atomic mass is 10.2. The second-order valence-electron chi connectivity index (χ2n) is 4.27. The van der Waals surface area contributed by atoms with Crippen molar-refractivity contribution in [2.75, 3.05) is 13.1 Å². The van der Waals surface area contributed by atoms with Crippen molar-refractivity contribution in [3.05, 3.63) is 33.3 Å². The fourth-order valence-corrected chi connectivity index (χ4v) is 2.36. The van der Waals surface area contributed by atoms with Crippen LogP contribution in [0.5, 0.6) is 0 Å². The highest BCUT2D eigenvalue weighted by molar-refractivity contribution is 9.10. The van der Waals surface area contributed by atoms with Gasteiger partial charge in [0.05, 0.1) is 5.02 Å². The molecule has 0 N–H and O–H groups in total. The molecule has 1 saturated heterocycles. The van der Waals surface area contributed by atoms with Crippen molar-refractivity contribution in [3.63, 3.8) is 0 Å². The molecule has 1 aromatic carbocycles. The van der Waals surface area contributed by atoms with Gasteiger partial charge in [-0.15, -0.1) is 0 Å². The Hall–Kier alpha value is -0.540. The summed E-state index contributed by atoms with van der Waals surface area (Å²) in [6, 6.07) is 5.34. The van der Waals surface area contributed by atoms with E-state index < -0.39 is 0 Å². The lowest BCUT2D eigenvalue weighted by molar-refractivity contribution is 0.0788. The first-order chi connectivity index (χ1) is 7.58. The Kier molecular flexibility index (Phi) is 3.55. The van der Waals surface area contributed by atoms with Gasteiger partial charge in [0.2, 0.25) is 0 Å². The standard InChI is InChI=1S/C12H13BrClNO/c1-8-4-5-15(7-8)12(16)9-2-3-10(13)11(14)6-9/h2-3,6,8H,4-5,7H2,1H3. The van der Waals surface area contributed by atoms with Gasteiger partial charge in [-0.25, -0.2) is 0 Å². The van der Waals surface area contributed by atoms with Crippen molar-refractivity contribution in [3.8, 4) is 0 Å². The smallest absolute Gasteiger partial charge is 0.253 e. The molecule has 86 valence electrons. The van der Waals surface area contributed by atoms with E-state index in [1.807, 2.05) is 11.0 Å². The molecule has 0 aliphatic carbocycles.